The molecular weight excluding hydrogens is 388 g/mol. The topological polar surface area (TPSA) is 219 Å². The van der Waals surface area contributed by atoms with E-state index in [1.807, 2.05) is 0 Å². The number of aliphatic hydroxyl groups excluding tert-OH is 9. The quantitative estimate of drug-likeness (QED) is 0.162. The van der Waals surface area contributed by atoms with Crippen LogP contribution in [0.3, 0.4) is 0 Å². The summed E-state index contributed by atoms with van der Waals surface area (Å²) < 4.78 is 21.3. The van der Waals surface area contributed by atoms with Crippen LogP contribution >= 0.6 is 0 Å². The van der Waals surface area contributed by atoms with Crippen LogP contribution in [0, 0.1) is 0 Å². The number of aliphatic hydroxyl groups is 9. The summed E-state index contributed by atoms with van der Waals surface area (Å²) in [6.45, 7) is -2.70. The summed E-state index contributed by atoms with van der Waals surface area (Å²) in [5.74, 6) is 0. The second-order valence-electron chi connectivity index (χ2n) is 6.63. The molecule has 13 heteroatoms. The Morgan fingerprint density at radius 2 is 1.18 bits per heavy atom. The number of ether oxygens (including phenoxy) is 4. The molecule has 0 saturated carbocycles. The van der Waals surface area contributed by atoms with Crippen molar-refractivity contribution < 1.29 is 64.9 Å². The van der Waals surface area contributed by atoms with Gasteiger partial charge in [-0.1, -0.05) is 0 Å². The fourth-order valence-electron chi connectivity index (χ4n) is 3.03. The second-order valence-corrected chi connectivity index (χ2v) is 6.63. The zero-order valence-corrected chi connectivity index (χ0v) is 14.8. The molecule has 0 amide bonds. The average Bonchev–Trinajstić information content (AvgIpc) is 3.16. The molecule has 28 heavy (non-hydrogen) atoms. The summed E-state index contributed by atoms with van der Waals surface area (Å²) in [5, 5.41) is 86.2. The van der Waals surface area contributed by atoms with Crippen LogP contribution < -0.4 is 0 Å². The Hall–Kier alpha value is -0.520. The van der Waals surface area contributed by atoms with Crippen molar-refractivity contribution >= 4 is 0 Å². The van der Waals surface area contributed by atoms with E-state index >= 15 is 0 Å². The van der Waals surface area contributed by atoms with Crippen LogP contribution in [0.4, 0.5) is 0 Å². The normalized spacial score (nSPS) is 40.9. The Morgan fingerprint density at radius 3 is 1.68 bits per heavy atom. The van der Waals surface area contributed by atoms with Crippen LogP contribution in [0.25, 0.3) is 0 Å². The van der Waals surface area contributed by atoms with Gasteiger partial charge in [0.25, 0.3) is 0 Å². The van der Waals surface area contributed by atoms with Crippen molar-refractivity contribution in [1.29, 1.82) is 0 Å². The molecule has 0 bridgehead atoms. The van der Waals surface area contributed by atoms with Gasteiger partial charge in [0, 0.05) is 0 Å². The Bertz CT molecular complexity index is 463. The van der Waals surface area contributed by atoms with Crippen LogP contribution in [0.15, 0.2) is 0 Å². The van der Waals surface area contributed by atoms with E-state index < -0.39 is 93.9 Å². The molecule has 166 valence electrons. The molecule has 0 aromatic rings. The highest BCUT2D eigenvalue weighted by molar-refractivity contribution is 4.95. The van der Waals surface area contributed by atoms with E-state index in [0.717, 1.165) is 0 Å². The Labute approximate surface area is 159 Å². The van der Waals surface area contributed by atoms with Crippen molar-refractivity contribution in [3.05, 3.63) is 0 Å². The molecular formula is C15H28O13. The van der Waals surface area contributed by atoms with Gasteiger partial charge in [-0.05, 0) is 0 Å². The van der Waals surface area contributed by atoms with Gasteiger partial charge in [0.2, 0.25) is 0 Å². The van der Waals surface area contributed by atoms with Crippen molar-refractivity contribution in [2.75, 3.05) is 26.4 Å². The van der Waals surface area contributed by atoms with Crippen molar-refractivity contribution in [3.63, 3.8) is 0 Å². The minimum absolute atomic E-state index is 0.599. The van der Waals surface area contributed by atoms with E-state index in [1.54, 1.807) is 0 Å². The molecule has 2 fully saturated rings. The molecule has 0 spiro atoms. The highest BCUT2D eigenvalue weighted by Crippen LogP contribution is 2.32. The van der Waals surface area contributed by atoms with Crippen LogP contribution in [-0.2, 0) is 18.9 Å². The number of hydrogen-bond acceptors (Lipinski definition) is 13. The Morgan fingerprint density at radius 1 is 0.679 bits per heavy atom. The average molecular weight is 416 g/mol. The first-order valence-corrected chi connectivity index (χ1v) is 8.74. The summed E-state index contributed by atoms with van der Waals surface area (Å²) in [6, 6.07) is 0. The lowest BCUT2D eigenvalue weighted by atomic mass is 10.1. The molecule has 2 heterocycles. The molecule has 2 saturated heterocycles. The maximum Gasteiger partial charge on any atom is 0.187 e. The number of hydrogen-bond donors (Lipinski definition) is 9. The molecule has 2 aliphatic heterocycles. The van der Waals surface area contributed by atoms with Crippen LogP contribution in [0.2, 0.25) is 0 Å². The Balaban J connectivity index is 2.14. The van der Waals surface area contributed by atoms with E-state index in [9.17, 15) is 25.5 Å². The molecule has 9 N–H and O–H groups in total. The predicted octanol–water partition coefficient (Wildman–Crippen LogP) is -6.02. The first kappa shape index (κ1) is 23.8. The minimum atomic E-state index is -1.66. The first-order chi connectivity index (χ1) is 13.3. The van der Waals surface area contributed by atoms with Gasteiger partial charge in [-0.2, -0.15) is 0 Å². The highest BCUT2D eigenvalue weighted by Gasteiger charge is 2.53. The Kier molecular flexibility index (Phi) is 8.90. The summed E-state index contributed by atoms with van der Waals surface area (Å²) >= 11 is 0. The van der Waals surface area contributed by atoms with E-state index in [1.165, 1.54) is 0 Å². The van der Waals surface area contributed by atoms with E-state index in [4.69, 9.17) is 39.4 Å². The van der Waals surface area contributed by atoms with Gasteiger partial charge in [-0.25, -0.2) is 0 Å². The molecule has 0 radical (unpaired) electrons. The lowest BCUT2D eigenvalue weighted by molar-refractivity contribution is -0.263. The van der Waals surface area contributed by atoms with E-state index in [2.05, 4.69) is 0 Å². The second kappa shape index (κ2) is 10.5. The highest BCUT2D eigenvalue weighted by atomic mass is 16.8. The standard InChI is InChI=1S/C15H28O13/c16-1-5(2-17)25-15-13(10(24)12(27-15)7(21)4-19)28-14-9(23)8(22)11(26-14)6(20)3-18/h5-24H,1-4H2/t6-,7-,8-,9-,10+,11+,12+,13-,14+,15-/m1/s1. The molecule has 0 aromatic heterocycles. The largest absolute Gasteiger partial charge is 0.394 e. The van der Waals surface area contributed by atoms with Gasteiger partial charge >= 0.3 is 0 Å². The van der Waals surface area contributed by atoms with Gasteiger partial charge < -0.3 is 64.9 Å². The maximum atomic E-state index is 10.4. The van der Waals surface area contributed by atoms with Crippen LogP contribution in [0.1, 0.15) is 0 Å². The van der Waals surface area contributed by atoms with Gasteiger partial charge in [0.1, 0.15) is 54.9 Å². The van der Waals surface area contributed by atoms with Crippen molar-refractivity contribution in [2.45, 2.75) is 67.5 Å². The minimum Gasteiger partial charge on any atom is -0.394 e. The lowest BCUT2D eigenvalue weighted by Gasteiger charge is -2.27. The summed E-state index contributed by atoms with van der Waals surface area (Å²) in [4.78, 5) is 0. The third-order valence-electron chi connectivity index (χ3n) is 4.65. The molecule has 0 aromatic carbocycles. The van der Waals surface area contributed by atoms with E-state index in [-0.39, 0.29) is 0 Å². The smallest absolute Gasteiger partial charge is 0.187 e. The van der Waals surface area contributed by atoms with Gasteiger partial charge in [0.05, 0.1) is 26.4 Å². The van der Waals surface area contributed by atoms with E-state index in [0.29, 0.717) is 0 Å². The van der Waals surface area contributed by atoms with Crippen molar-refractivity contribution in [1.82, 2.24) is 0 Å². The molecule has 0 aliphatic carbocycles. The first-order valence-electron chi connectivity index (χ1n) is 8.74. The third-order valence-corrected chi connectivity index (χ3v) is 4.65. The summed E-state index contributed by atoms with van der Waals surface area (Å²) in [5.41, 5.74) is 0. The molecule has 10 atom stereocenters. The zero-order valence-electron chi connectivity index (χ0n) is 14.8. The van der Waals surface area contributed by atoms with Gasteiger partial charge in [0.15, 0.2) is 12.6 Å². The van der Waals surface area contributed by atoms with Gasteiger partial charge in [-0.15, -0.1) is 0 Å². The maximum absolute atomic E-state index is 10.4. The third kappa shape index (κ3) is 4.96. The summed E-state index contributed by atoms with van der Waals surface area (Å²) in [7, 11) is 0. The monoisotopic (exact) mass is 416 g/mol. The zero-order chi connectivity index (χ0) is 21.0. The van der Waals surface area contributed by atoms with Crippen molar-refractivity contribution in [2.24, 2.45) is 0 Å². The predicted molar refractivity (Wildman–Crippen MR) is 85.4 cm³/mol. The SMILES string of the molecule is OCC(CO)O[C@@H]1O[C@@H]([C@H](O)CO)[C@H](O)[C@H]1O[C@@H]1O[C@@H]([C@H](O)CO)[C@H](O)[C@H]1O. The fraction of sp³-hybridized carbons (Fsp3) is 1.00. The fourth-order valence-corrected chi connectivity index (χ4v) is 3.03. The van der Waals surface area contributed by atoms with Crippen LogP contribution in [-0.4, -0.2) is 140 Å². The van der Waals surface area contributed by atoms with Crippen molar-refractivity contribution in [3.8, 4) is 0 Å². The molecule has 13 nitrogen and oxygen atoms in total. The van der Waals surface area contributed by atoms with Gasteiger partial charge in [-0.3, -0.25) is 0 Å². The molecule has 2 rings (SSSR count). The molecule has 2 aliphatic rings. The number of rotatable bonds is 10. The molecule has 0 unspecified atom stereocenters. The summed E-state index contributed by atoms with van der Waals surface area (Å²) in [6.07, 6.45) is -16.2. The lowest BCUT2D eigenvalue weighted by Crippen LogP contribution is -2.46. The van der Waals surface area contributed by atoms with Crippen LogP contribution in [0.5, 0.6) is 0 Å².